The van der Waals surface area contributed by atoms with Gasteiger partial charge in [-0.1, -0.05) is 19.9 Å². The number of primary amides is 1. The lowest BCUT2D eigenvalue weighted by Crippen LogP contribution is -2.58. The van der Waals surface area contributed by atoms with Crippen LogP contribution in [-0.4, -0.2) is 29.9 Å². The molecule has 2 N–H and O–H groups in total. The number of hydrogen-bond acceptors (Lipinski definition) is 2. The quantitative estimate of drug-likeness (QED) is 0.932. The Morgan fingerprint density at radius 1 is 1.41 bits per heavy atom. The number of carbonyl (C=O) groups excluding carboxylic acids is 1. The highest BCUT2D eigenvalue weighted by atomic mass is 16.1. The summed E-state index contributed by atoms with van der Waals surface area (Å²) in [6.07, 6.45) is 5.16. The van der Waals surface area contributed by atoms with Crippen molar-refractivity contribution in [3.05, 3.63) is 34.9 Å². The third-order valence-corrected chi connectivity index (χ3v) is 6.60. The Kier molecular flexibility index (Phi) is 3.12. The summed E-state index contributed by atoms with van der Waals surface area (Å²) >= 11 is 0. The Balaban J connectivity index is 1.72. The average Bonchev–Trinajstić information content (AvgIpc) is 3.29. The first-order chi connectivity index (χ1) is 10.5. The molecule has 3 aliphatic rings. The van der Waals surface area contributed by atoms with Crippen molar-refractivity contribution >= 4 is 5.91 Å². The molecule has 2 aliphatic carbocycles. The molecular weight excluding hydrogens is 272 g/mol. The van der Waals surface area contributed by atoms with Gasteiger partial charge in [0.1, 0.15) is 0 Å². The highest BCUT2D eigenvalue weighted by Crippen LogP contribution is 2.49. The SMILES string of the molecule is C[C@@H]1[C@@H]2Cc3ccc(C(N)=O)cc3[C@@]1(C)CCN2CC1CC1. The van der Waals surface area contributed by atoms with Gasteiger partial charge in [-0.3, -0.25) is 9.69 Å². The van der Waals surface area contributed by atoms with Gasteiger partial charge in [0.05, 0.1) is 0 Å². The number of piperidine rings is 1. The van der Waals surface area contributed by atoms with Gasteiger partial charge in [-0.25, -0.2) is 0 Å². The van der Waals surface area contributed by atoms with Gasteiger partial charge in [-0.2, -0.15) is 0 Å². The summed E-state index contributed by atoms with van der Waals surface area (Å²) in [5, 5.41) is 0. The first-order valence-corrected chi connectivity index (χ1v) is 8.66. The van der Waals surface area contributed by atoms with E-state index in [1.165, 1.54) is 43.5 Å². The number of carbonyl (C=O) groups is 1. The minimum atomic E-state index is -0.313. The Labute approximate surface area is 132 Å². The molecule has 4 rings (SSSR count). The molecule has 1 aliphatic heterocycles. The summed E-state index contributed by atoms with van der Waals surface area (Å²) in [5.41, 5.74) is 9.13. The molecule has 0 aromatic heterocycles. The fourth-order valence-electron chi connectivity index (χ4n) is 4.72. The fourth-order valence-corrected chi connectivity index (χ4v) is 4.72. The number of rotatable bonds is 3. The lowest BCUT2D eigenvalue weighted by molar-refractivity contribution is 0.0284. The van der Waals surface area contributed by atoms with Crippen LogP contribution in [0, 0.1) is 11.8 Å². The molecule has 1 saturated heterocycles. The van der Waals surface area contributed by atoms with Gasteiger partial charge < -0.3 is 5.73 Å². The van der Waals surface area contributed by atoms with Crippen LogP contribution < -0.4 is 5.73 Å². The van der Waals surface area contributed by atoms with Crippen molar-refractivity contribution in [2.45, 2.75) is 51.0 Å². The van der Waals surface area contributed by atoms with E-state index in [4.69, 9.17) is 5.73 Å². The van der Waals surface area contributed by atoms with E-state index in [9.17, 15) is 4.79 Å². The summed E-state index contributed by atoms with van der Waals surface area (Å²) in [6, 6.07) is 6.78. The molecule has 0 radical (unpaired) electrons. The molecule has 1 saturated carbocycles. The molecular formula is C19H26N2O. The highest BCUT2D eigenvalue weighted by Gasteiger charge is 2.49. The van der Waals surface area contributed by atoms with Crippen LogP contribution in [0.2, 0.25) is 0 Å². The van der Waals surface area contributed by atoms with E-state index >= 15 is 0 Å². The van der Waals surface area contributed by atoms with Crippen molar-refractivity contribution in [1.82, 2.24) is 4.90 Å². The zero-order valence-corrected chi connectivity index (χ0v) is 13.6. The van der Waals surface area contributed by atoms with Crippen LogP contribution in [0.25, 0.3) is 0 Å². The van der Waals surface area contributed by atoms with Gasteiger partial charge in [-0.05, 0) is 72.7 Å². The third kappa shape index (κ3) is 2.10. The summed E-state index contributed by atoms with van der Waals surface area (Å²) in [4.78, 5) is 14.3. The third-order valence-electron chi connectivity index (χ3n) is 6.60. The summed E-state index contributed by atoms with van der Waals surface area (Å²) < 4.78 is 0. The first kappa shape index (κ1) is 14.3. The molecule has 1 amide bonds. The lowest BCUT2D eigenvalue weighted by atomic mass is 9.59. The predicted molar refractivity (Wildman–Crippen MR) is 87.9 cm³/mol. The van der Waals surface area contributed by atoms with Crippen molar-refractivity contribution in [3.63, 3.8) is 0 Å². The molecule has 2 bridgehead atoms. The zero-order valence-electron chi connectivity index (χ0n) is 13.6. The number of nitrogens with two attached hydrogens (primary N) is 1. The molecule has 22 heavy (non-hydrogen) atoms. The maximum Gasteiger partial charge on any atom is 0.248 e. The molecule has 0 spiro atoms. The molecule has 1 aromatic carbocycles. The average molecular weight is 298 g/mol. The standard InChI is InChI=1S/C19H26N2O/c1-12-17-10-14-5-6-15(18(20)22)9-16(14)19(12,2)7-8-21(17)11-13-3-4-13/h5-6,9,12-13,17H,3-4,7-8,10-11H2,1-2H3,(H2,20,22)/t12-,17+,19+/m1/s1. The van der Waals surface area contributed by atoms with Gasteiger partial charge in [-0.15, -0.1) is 0 Å². The van der Waals surface area contributed by atoms with E-state index in [2.05, 4.69) is 30.9 Å². The minimum Gasteiger partial charge on any atom is -0.366 e. The fraction of sp³-hybridized carbons (Fsp3) is 0.632. The second kappa shape index (κ2) is 4.82. The lowest BCUT2D eigenvalue weighted by Gasteiger charge is -2.55. The topological polar surface area (TPSA) is 46.3 Å². The number of hydrogen-bond donors (Lipinski definition) is 1. The predicted octanol–water partition coefficient (Wildman–Crippen LogP) is 2.72. The molecule has 1 heterocycles. The first-order valence-electron chi connectivity index (χ1n) is 8.66. The van der Waals surface area contributed by atoms with E-state index in [1.807, 2.05) is 6.07 Å². The van der Waals surface area contributed by atoms with E-state index in [0.29, 0.717) is 17.5 Å². The summed E-state index contributed by atoms with van der Waals surface area (Å²) in [6.45, 7) is 7.29. The van der Waals surface area contributed by atoms with Crippen molar-refractivity contribution in [2.24, 2.45) is 17.6 Å². The Morgan fingerprint density at radius 3 is 2.86 bits per heavy atom. The van der Waals surface area contributed by atoms with Crippen LogP contribution in [0.15, 0.2) is 18.2 Å². The van der Waals surface area contributed by atoms with Crippen LogP contribution in [0.4, 0.5) is 0 Å². The normalized spacial score (nSPS) is 34.3. The van der Waals surface area contributed by atoms with Crippen LogP contribution in [0.5, 0.6) is 0 Å². The molecule has 2 fully saturated rings. The van der Waals surface area contributed by atoms with Gasteiger partial charge in [0.2, 0.25) is 5.91 Å². The molecule has 1 aromatic rings. The second-order valence-corrected chi connectivity index (χ2v) is 7.90. The van der Waals surface area contributed by atoms with Crippen LogP contribution in [0.3, 0.4) is 0 Å². The smallest absolute Gasteiger partial charge is 0.248 e. The van der Waals surface area contributed by atoms with Crippen molar-refractivity contribution in [3.8, 4) is 0 Å². The van der Waals surface area contributed by atoms with Crippen molar-refractivity contribution < 1.29 is 4.79 Å². The number of fused-ring (bicyclic) bond motifs is 4. The monoisotopic (exact) mass is 298 g/mol. The Hall–Kier alpha value is -1.35. The van der Waals surface area contributed by atoms with Crippen LogP contribution >= 0.6 is 0 Å². The van der Waals surface area contributed by atoms with Crippen molar-refractivity contribution in [1.29, 1.82) is 0 Å². The zero-order chi connectivity index (χ0) is 15.5. The number of likely N-dealkylation sites (tertiary alicyclic amines) is 1. The molecule has 3 atom stereocenters. The number of amides is 1. The molecule has 0 unspecified atom stereocenters. The van der Waals surface area contributed by atoms with E-state index < -0.39 is 0 Å². The van der Waals surface area contributed by atoms with Crippen LogP contribution in [0.1, 0.15) is 54.6 Å². The van der Waals surface area contributed by atoms with E-state index in [0.717, 1.165) is 12.3 Å². The van der Waals surface area contributed by atoms with Gasteiger partial charge in [0, 0.05) is 18.2 Å². The maximum atomic E-state index is 11.5. The largest absolute Gasteiger partial charge is 0.366 e. The molecule has 3 nitrogen and oxygen atoms in total. The van der Waals surface area contributed by atoms with Gasteiger partial charge in [0.25, 0.3) is 0 Å². The second-order valence-electron chi connectivity index (χ2n) is 7.90. The number of nitrogens with zero attached hydrogens (tertiary/aromatic N) is 1. The van der Waals surface area contributed by atoms with Gasteiger partial charge >= 0.3 is 0 Å². The summed E-state index contributed by atoms with van der Waals surface area (Å²) in [7, 11) is 0. The highest BCUT2D eigenvalue weighted by molar-refractivity contribution is 5.93. The van der Waals surface area contributed by atoms with Gasteiger partial charge in [0.15, 0.2) is 0 Å². The van der Waals surface area contributed by atoms with Crippen molar-refractivity contribution in [2.75, 3.05) is 13.1 Å². The number of benzene rings is 1. The Bertz CT molecular complexity index is 622. The summed E-state index contributed by atoms with van der Waals surface area (Å²) in [5.74, 6) is 1.28. The Morgan fingerprint density at radius 2 is 2.18 bits per heavy atom. The molecule has 3 heteroatoms. The van der Waals surface area contributed by atoms with Crippen LogP contribution in [-0.2, 0) is 11.8 Å². The molecule has 118 valence electrons. The maximum absolute atomic E-state index is 11.5. The van der Waals surface area contributed by atoms with E-state index in [1.54, 1.807) is 0 Å². The van der Waals surface area contributed by atoms with E-state index in [-0.39, 0.29) is 11.3 Å². The minimum absolute atomic E-state index is 0.184.